The lowest BCUT2D eigenvalue weighted by atomic mass is 9.76. The summed E-state index contributed by atoms with van der Waals surface area (Å²) in [6.45, 7) is 7.55. The molecule has 1 saturated heterocycles. The zero-order valence-electron chi connectivity index (χ0n) is 26.9. The molecule has 1 heterocycles. The fraction of sp³-hybridized carbons (Fsp3) is 0.486. The molecule has 1 saturated carbocycles. The molecule has 0 bridgehead atoms. The third kappa shape index (κ3) is 9.53. The predicted molar refractivity (Wildman–Crippen MR) is 172 cm³/mol. The van der Waals surface area contributed by atoms with Gasteiger partial charge in [0.15, 0.2) is 5.79 Å². The van der Waals surface area contributed by atoms with Crippen LogP contribution in [0, 0.1) is 5.92 Å². The molecule has 1 N–H and O–H groups in total. The van der Waals surface area contributed by atoms with Crippen LogP contribution < -0.4 is 10.1 Å². The van der Waals surface area contributed by atoms with Crippen LogP contribution in [0.1, 0.15) is 56.7 Å². The Bertz CT molecular complexity index is 1320. The molecule has 3 aromatic rings. The van der Waals surface area contributed by atoms with Gasteiger partial charge >= 0.3 is 6.09 Å². The highest BCUT2D eigenvalue weighted by Crippen LogP contribution is 2.43. The second-order valence-corrected chi connectivity index (χ2v) is 12.9. The summed E-state index contributed by atoms with van der Waals surface area (Å²) in [4.78, 5) is 13.4. The van der Waals surface area contributed by atoms with E-state index >= 15 is 0 Å². The smallest absolute Gasteiger partial charge is 0.407 e. The van der Waals surface area contributed by atoms with Crippen molar-refractivity contribution in [1.82, 2.24) is 5.32 Å². The first-order chi connectivity index (χ1) is 21.7. The first-order valence-electron chi connectivity index (χ1n) is 15.9. The second-order valence-electron chi connectivity index (χ2n) is 12.9. The molecule has 0 radical (unpaired) electrons. The van der Waals surface area contributed by atoms with Crippen LogP contribution in [0.2, 0.25) is 0 Å². The summed E-state index contributed by atoms with van der Waals surface area (Å²) in [5.41, 5.74) is 2.53. The van der Waals surface area contributed by atoms with Gasteiger partial charge in [-0.3, -0.25) is 0 Å². The summed E-state index contributed by atoms with van der Waals surface area (Å²) in [6.07, 6.45) is 1.48. The van der Waals surface area contributed by atoms with E-state index in [4.69, 9.17) is 28.4 Å². The minimum Gasteiger partial charge on any atom is -0.497 e. The van der Waals surface area contributed by atoms with Gasteiger partial charge < -0.3 is 33.7 Å². The van der Waals surface area contributed by atoms with Crippen molar-refractivity contribution < 1.29 is 33.2 Å². The van der Waals surface area contributed by atoms with Crippen LogP contribution in [-0.4, -0.2) is 56.1 Å². The zero-order chi connectivity index (χ0) is 31.7. The number of alkyl carbamates (subject to hydrolysis) is 1. The third-order valence-corrected chi connectivity index (χ3v) is 8.38. The van der Waals surface area contributed by atoms with E-state index in [0.717, 1.165) is 35.3 Å². The van der Waals surface area contributed by atoms with E-state index < -0.39 is 29.6 Å². The van der Waals surface area contributed by atoms with E-state index in [1.165, 1.54) is 0 Å². The van der Waals surface area contributed by atoms with Gasteiger partial charge in [0.1, 0.15) is 11.4 Å². The average molecular weight is 618 g/mol. The fourth-order valence-corrected chi connectivity index (χ4v) is 6.27. The molecule has 1 amide bonds. The molecular formula is C37H47NO7. The highest BCUT2D eigenvalue weighted by Gasteiger charge is 2.50. The maximum atomic E-state index is 13.4. The Kier molecular flexibility index (Phi) is 11.2. The average Bonchev–Trinajstić information content (AvgIpc) is 3.48. The zero-order valence-corrected chi connectivity index (χ0v) is 26.9. The van der Waals surface area contributed by atoms with Crippen LogP contribution in [0.4, 0.5) is 4.79 Å². The molecule has 3 aromatic carbocycles. The largest absolute Gasteiger partial charge is 0.497 e. The molecule has 0 unspecified atom stereocenters. The van der Waals surface area contributed by atoms with Crippen LogP contribution in [0.25, 0.3) is 0 Å². The van der Waals surface area contributed by atoms with E-state index in [2.05, 4.69) is 17.4 Å². The predicted octanol–water partition coefficient (Wildman–Crippen LogP) is 6.85. The Labute approximate surface area is 267 Å². The van der Waals surface area contributed by atoms with Gasteiger partial charge in [-0.2, -0.15) is 0 Å². The van der Waals surface area contributed by atoms with Crippen LogP contribution in [0.5, 0.6) is 5.75 Å². The number of ether oxygens (including phenoxy) is 6. The maximum Gasteiger partial charge on any atom is 0.407 e. The van der Waals surface area contributed by atoms with Gasteiger partial charge in [0.2, 0.25) is 0 Å². The van der Waals surface area contributed by atoms with E-state index in [1.54, 1.807) is 7.11 Å². The van der Waals surface area contributed by atoms with Gasteiger partial charge in [-0.25, -0.2) is 4.79 Å². The number of benzene rings is 3. The van der Waals surface area contributed by atoms with E-state index in [0.29, 0.717) is 39.3 Å². The van der Waals surface area contributed by atoms with Crippen molar-refractivity contribution in [3.05, 3.63) is 102 Å². The van der Waals surface area contributed by atoms with Crippen molar-refractivity contribution in [2.24, 2.45) is 5.92 Å². The molecule has 4 atom stereocenters. The van der Waals surface area contributed by atoms with Crippen molar-refractivity contribution in [2.75, 3.05) is 20.3 Å². The molecule has 242 valence electrons. The van der Waals surface area contributed by atoms with Crippen molar-refractivity contribution >= 4 is 6.09 Å². The Hall–Kier alpha value is -3.43. The van der Waals surface area contributed by atoms with Crippen LogP contribution in [-0.2, 0) is 43.3 Å². The van der Waals surface area contributed by atoms with Crippen LogP contribution in [0.3, 0.4) is 0 Å². The molecule has 8 nitrogen and oxygen atoms in total. The number of methoxy groups -OCH3 is 1. The van der Waals surface area contributed by atoms with Crippen molar-refractivity contribution in [3.63, 3.8) is 0 Å². The summed E-state index contributed by atoms with van der Waals surface area (Å²) in [5.74, 6) is -0.0729. The van der Waals surface area contributed by atoms with Gasteiger partial charge in [0.25, 0.3) is 0 Å². The molecule has 2 aliphatic rings. The number of hydrogen-bond donors (Lipinski definition) is 1. The molecule has 1 aliphatic carbocycles. The summed E-state index contributed by atoms with van der Waals surface area (Å²) in [6, 6.07) is 27.7. The number of rotatable bonds is 12. The molecular weight excluding hydrogens is 570 g/mol. The number of hydrogen-bond acceptors (Lipinski definition) is 7. The molecule has 0 aromatic heterocycles. The molecule has 8 heteroatoms. The number of carbonyl (C=O) groups excluding carboxylic acids is 1. The Morgan fingerprint density at radius 2 is 1.51 bits per heavy atom. The lowest BCUT2D eigenvalue weighted by Crippen LogP contribution is -2.56. The molecule has 5 rings (SSSR count). The van der Waals surface area contributed by atoms with Crippen molar-refractivity contribution in [3.8, 4) is 5.75 Å². The topological polar surface area (TPSA) is 84.5 Å². The van der Waals surface area contributed by atoms with Crippen LogP contribution in [0.15, 0.2) is 84.9 Å². The van der Waals surface area contributed by atoms with Gasteiger partial charge in [0, 0.05) is 18.8 Å². The summed E-state index contributed by atoms with van der Waals surface area (Å²) >= 11 is 0. The fourth-order valence-electron chi connectivity index (χ4n) is 6.27. The van der Waals surface area contributed by atoms with Gasteiger partial charge in [-0.15, -0.1) is 0 Å². The van der Waals surface area contributed by atoms with E-state index in [-0.39, 0.29) is 12.0 Å². The number of carbonyl (C=O) groups is 1. The number of nitrogens with one attached hydrogen (secondary N) is 1. The van der Waals surface area contributed by atoms with Gasteiger partial charge in [0.05, 0.1) is 51.8 Å². The van der Waals surface area contributed by atoms with E-state index in [1.807, 2.05) is 93.6 Å². The Balaban J connectivity index is 1.49. The highest BCUT2D eigenvalue weighted by molar-refractivity contribution is 5.68. The van der Waals surface area contributed by atoms with Gasteiger partial charge in [-0.1, -0.05) is 72.8 Å². The summed E-state index contributed by atoms with van der Waals surface area (Å²) in [5, 5.41) is 3.20. The minimum atomic E-state index is -0.692. The quantitative estimate of drug-likeness (QED) is 0.238. The Morgan fingerprint density at radius 3 is 2.11 bits per heavy atom. The first-order valence-corrected chi connectivity index (χ1v) is 15.9. The molecule has 2 fully saturated rings. The standard InChI is InChI=1S/C37H47NO7/c1-36(2,3)45-35(39)38-32(23-27-15-17-30(40-4)18-16-27)34(42-26-29-13-9-6-10-14-29)31-24-37(43-21-22-44-37)20-19-33(31)41-25-28-11-7-5-8-12-28/h5-18,31-34H,19-26H2,1-4H3,(H,38,39)/t31-,32-,33-,34-/m1/s1. The van der Waals surface area contributed by atoms with Crippen LogP contribution >= 0.6 is 0 Å². The Morgan fingerprint density at radius 1 is 0.889 bits per heavy atom. The maximum absolute atomic E-state index is 13.4. The second kappa shape index (κ2) is 15.2. The number of amides is 1. The van der Waals surface area contributed by atoms with Crippen molar-refractivity contribution in [2.45, 2.75) is 89.3 Å². The monoisotopic (exact) mass is 617 g/mol. The highest BCUT2D eigenvalue weighted by atomic mass is 16.7. The SMILES string of the molecule is COc1ccc(C[C@@H](NC(=O)OC(C)(C)C)[C@H](OCc2ccccc2)[C@@H]2CC3(CC[C@H]2OCc2ccccc2)OCCO3)cc1. The summed E-state index contributed by atoms with van der Waals surface area (Å²) < 4.78 is 37.2. The minimum absolute atomic E-state index is 0.150. The molecule has 45 heavy (non-hydrogen) atoms. The third-order valence-electron chi connectivity index (χ3n) is 8.38. The van der Waals surface area contributed by atoms with Crippen molar-refractivity contribution in [1.29, 1.82) is 0 Å². The molecule has 1 aliphatic heterocycles. The normalized spacial score (nSPS) is 20.8. The van der Waals surface area contributed by atoms with E-state index in [9.17, 15) is 4.79 Å². The summed E-state index contributed by atoms with van der Waals surface area (Å²) in [7, 11) is 1.65. The lowest BCUT2D eigenvalue weighted by Gasteiger charge is -2.45. The lowest BCUT2D eigenvalue weighted by molar-refractivity contribution is -0.225. The van der Waals surface area contributed by atoms with Gasteiger partial charge in [-0.05, 0) is 62.4 Å². The first kappa shape index (κ1) is 32.9. The molecule has 1 spiro atoms.